The summed E-state index contributed by atoms with van der Waals surface area (Å²) < 4.78 is 8.84. The second-order valence-corrected chi connectivity index (χ2v) is 5.94. The van der Waals surface area contributed by atoms with Crippen molar-refractivity contribution in [3.63, 3.8) is 0 Å². The molecule has 0 aliphatic rings. The van der Waals surface area contributed by atoms with Crippen LogP contribution in [0.2, 0.25) is 0 Å². The van der Waals surface area contributed by atoms with E-state index in [4.69, 9.17) is 4.74 Å². The highest BCUT2D eigenvalue weighted by Crippen LogP contribution is 2.17. The smallest absolute Gasteiger partial charge is 0.202 e. The number of Topliss-reactive ketones (excluding diaryl/α,β-unsaturated/α-hetero) is 1. The van der Waals surface area contributed by atoms with Gasteiger partial charge in [-0.25, -0.2) is 0 Å². The monoisotopic (exact) mass is 383 g/mol. The van der Waals surface area contributed by atoms with Crippen LogP contribution in [-0.4, -0.2) is 17.0 Å². The molecule has 3 nitrogen and oxygen atoms in total. The van der Waals surface area contributed by atoms with Crippen molar-refractivity contribution in [2.24, 2.45) is 0 Å². The fourth-order valence-electron chi connectivity index (χ4n) is 2.33. The molecule has 0 aliphatic carbocycles. The number of rotatable bonds is 5. The van der Waals surface area contributed by atoms with Gasteiger partial charge in [-0.3, -0.25) is 4.79 Å². The van der Waals surface area contributed by atoms with Crippen molar-refractivity contribution in [1.29, 1.82) is 0 Å². The van der Waals surface area contributed by atoms with E-state index < -0.39 is 0 Å². The summed E-state index contributed by atoms with van der Waals surface area (Å²) in [4.78, 5) is 12.2. The van der Waals surface area contributed by atoms with Gasteiger partial charge < -0.3 is 9.30 Å². The van der Waals surface area contributed by atoms with Gasteiger partial charge >= 0.3 is 0 Å². The maximum Gasteiger partial charge on any atom is 0.202 e. The molecule has 2 aromatic rings. The summed E-state index contributed by atoms with van der Waals surface area (Å²) in [5.74, 6) is 0.749. The Balaban J connectivity index is 2.07. The van der Waals surface area contributed by atoms with Crippen LogP contribution in [0.25, 0.3) is 0 Å². The number of halogens is 1. The molecule has 106 valence electrons. The van der Waals surface area contributed by atoms with E-state index in [1.54, 1.807) is 0 Å². The highest BCUT2D eigenvalue weighted by atomic mass is 127. The number of aromatic nitrogens is 1. The van der Waals surface area contributed by atoms with Gasteiger partial charge in [0.15, 0.2) is 6.61 Å². The molecule has 0 fully saturated rings. The Morgan fingerprint density at radius 3 is 2.45 bits per heavy atom. The van der Waals surface area contributed by atoms with Crippen molar-refractivity contribution in [3.05, 3.63) is 50.9 Å². The summed E-state index contributed by atoms with van der Waals surface area (Å²) in [5, 5.41) is 0. The van der Waals surface area contributed by atoms with E-state index in [1.807, 2.05) is 44.2 Å². The Morgan fingerprint density at radius 1 is 1.25 bits per heavy atom. The van der Waals surface area contributed by atoms with Crippen molar-refractivity contribution in [2.45, 2.75) is 27.3 Å². The third kappa shape index (κ3) is 3.23. The number of benzene rings is 1. The predicted octanol–water partition coefficient (Wildman–Crippen LogP) is 3.99. The van der Waals surface area contributed by atoms with Crippen LogP contribution in [0.15, 0.2) is 30.3 Å². The Labute approximate surface area is 133 Å². The number of hydrogen-bond donors (Lipinski definition) is 0. The highest BCUT2D eigenvalue weighted by Gasteiger charge is 2.15. The van der Waals surface area contributed by atoms with Gasteiger partial charge in [0, 0.05) is 27.1 Å². The van der Waals surface area contributed by atoms with Crippen LogP contribution in [0.5, 0.6) is 5.75 Å². The van der Waals surface area contributed by atoms with E-state index in [2.05, 4.69) is 34.1 Å². The van der Waals surface area contributed by atoms with E-state index in [9.17, 15) is 4.79 Å². The molecule has 0 saturated heterocycles. The minimum absolute atomic E-state index is 0.0244. The Hall–Kier alpha value is -1.30. The van der Waals surface area contributed by atoms with Crippen LogP contribution in [0.4, 0.5) is 0 Å². The van der Waals surface area contributed by atoms with Gasteiger partial charge in [-0.2, -0.15) is 0 Å². The number of carbonyl (C=O) groups excluding carboxylic acids is 1. The number of aryl methyl sites for hydroxylation is 1. The van der Waals surface area contributed by atoms with Gasteiger partial charge in [0.25, 0.3) is 0 Å². The first-order chi connectivity index (χ1) is 9.52. The predicted molar refractivity (Wildman–Crippen MR) is 88.6 cm³/mol. The number of ether oxygens (including phenoxy) is 1. The van der Waals surface area contributed by atoms with Crippen molar-refractivity contribution in [1.82, 2.24) is 4.57 Å². The number of nitrogens with zero attached hydrogens (tertiary/aromatic N) is 1. The minimum atomic E-state index is 0.0244. The molecule has 1 aromatic heterocycles. The second kappa shape index (κ2) is 6.43. The summed E-state index contributed by atoms with van der Waals surface area (Å²) >= 11 is 2.24. The van der Waals surface area contributed by atoms with Gasteiger partial charge in [0.2, 0.25) is 5.78 Å². The zero-order chi connectivity index (χ0) is 14.7. The molecule has 0 saturated carbocycles. The fraction of sp³-hybridized carbons (Fsp3) is 0.312. The van der Waals surface area contributed by atoms with Gasteiger partial charge in [0.1, 0.15) is 5.75 Å². The molecule has 0 spiro atoms. The average molecular weight is 383 g/mol. The first-order valence-corrected chi connectivity index (χ1v) is 7.69. The summed E-state index contributed by atoms with van der Waals surface area (Å²) in [7, 11) is 0. The largest absolute Gasteiger partial charge is 0.485 e. The molecular weight excluding hydrogens is 365 g/mol. The third-order valence-corrected chi connectivity index (χ3v) is 4.09. The quantitative estimate of drug-likeness (QED) is 0.578. The summed E-state index contributed by atoms with van der Waals surface area (Å²) in [5.41, 5.74) is 2.89. The van der Waals surface area contributed by atoms with E-state index in [-0.39, 0.29) is 12.4 Å². The Morgan fingerprint density at radius 2 is 1.90 bits per heavy atom. The van der Waals surface area contributed by atoms with E-state index in [1.165, 1.54) is 0 Å². The van der Waals surface area contributed by atoms with Crippen LogP contribution >= 0.6 is 22.6 Å². The molecule has 2 rings (SSSR count). The highest BCUT2D eigenvalue weighted by molar-refractivity contribution is 14.1. The lowest BCUT2D eigenvalue weighted by atomic mass is 10.1. The van der Waals surface area contributed by atoms with Crippen LogP contribution in [0.3, 0.4) is 0 Å². The molecule has 0 radical (unpaired) electrons. The number of ketones is 1. The lowest BCUT2D eigenvalue weighted by molar-refractivity contribution is 0.0921. The molecule has 0 N–H and O–H groups in total. The van der Waals surface area contributed by atoms with Crippen molar-refractivity contribution >= 4 is 28.4 Å². The maximum atomic E-state index is 12.2. The molecular formula is C16H18INO2. The van der Waals surface area contributed by atoms with Crippen molar-refractivity contribution in [3.8, 4) is 5.75 Å². The summed E-state index contributed by atoms with van der Waals surface area (Å²) in [6.07, 6.45) is 0. The van der Waals surface area contributed by atoms with E-state index in [0.29, 0.717) is 0 Å². The first-order valence-electron chi connectivity index (χ1n) is 6.61. The number of hydrogen-bond acceptors (Lipinski definition) is 2. The fourth-order valence-corrected chi connectivity index (χ4v) is 2.69. The lowest BCUT2D eigenvalue weighted by Crippen LogP contribution is -2.12. The van der Waals surface area contributed by atoms with Crippen LogP contribution < -0.4 is 4.74 Å². The molecule has 4 heteroatoms. The topological polar surface area (TPSA) is 31.2 Å². The van der Waals surface area contributed by atoms with Gasteiger partial charge in [0.05, 0.1) is 0 Å². The third-order valence-electron chi connectivity index (χ3n) is 3.37. The molecule has 0 bridgehead atoms. The lowest BCUT2D eigenvalue weighted by Gasteiger charge is -2.07. The van der Waals surface area contributed by atoms with Crippen LogP contribution in [0, 0.1) is 17.4 Å². The Kier molecular flexibility index (Phi) is 4.86. The number of carbonyl (C=O) groups is 1. The zero-order valence-electron chi connectivity index (χ0n) is 11.9. The molecule has 1 aromatic carbocycles. The van der Waals surface area contributed by atoms with Gasteiger partial charge in [-0.05, 0) is 73.7 Å². The summed E-state index contributed by atoms with van der Waals surface area (Å²) in [6.45, 7) is 7.04. The first kappa shape index (κ1) is 15.1. The van der Waals surface area contributed by atoms with Crippen molar-refractivity contribution in [2.75, 3.05) is 6.61 Å². The van der Waals surface area contributed by atoms with Crippen molar-refractivity contribution < 1.29 is 9.53 Å². The Bertz CT molecular complexity index is 614. The molecule has 0 amide bonds. The molecule has 0 unspecified atom stereocenters. The molecule has 0 aliphatic heterocycles. The second-order valence-electron chi connectivity index (χ2n) is 4.69. The van der Waals surface area contributed by atoms with Crippen LogP contribution in [0.1, 0.15) is 28.7 Å². The standard InChI is InChI=1S/C16H18INO2/c1-4-18-11(2)9-15(12(18)3)16(19)10-20-14-7-5-13(17)6-8-14/h5-9H,4,10H2,1-3H3. The van der Waals surface area contributed by atoms with E-state index in [0.717, 1.165) is 32.8 Å². The SMILES string of the molecule is CCn1c(C)cc(C(=O)COc2ccc(I)cc2)c1C. The van der Waals surface area contributed by atoms with Gasteiger partial charge in [-0.1, -0.05) is 0 Å². The zero-order valence-corrected chi connectivity index (χ0v) is 14.1. The van der Waals surface area contributed by atoms with Gasteiger partial charge in [-0.15, -0.1) is 0 Å². The summed E-state index contributed by atoms with van der Waals surface area (Å²) in [6, 6.07) is 9.62. The minimum Gasteiger partial charge on any atom is -0.485 e. The normalized spacial score (nSPS) is 10.6. The molecule has 0 atom stereocenters. The van der Waals surface area contributed by atoms with E-state index >= 15 is 0 Å². The van der Waals surface area contributed by atoms with Crippen LogP contribution in [-0.2, 0) is 6.54 Å². The molecule has 20 heavy (non-hydrogen) atoms. The maximum absolute atomic E-state index is 12.2. The average Bonchev–Trinajstić information content (AvgIpc) is 2.72. The molecule has 1 heterocycles.